The second-order valence-corrected chi connectivity index (χ2v) is 3.17. The Balaban J connectivity index is 2.57. The van der Waals surface area contributed by atoms with Crippen LogP contribution in [0, 0.1) is 5.92 Å². The van der Waals surface area contributed by atoms with E-state index in [-0.39, 0.29) is 11.8 Å². The van der Waals surface area contributed by atoms with Crippen molar-refractivity contribution in [3.8, 4) is 0 Å². The van der Waals surface area contributed by atoms with Crippen LogP contribution in [0.3, 0.4) is 0 Å². The highest BCUT2D eigenvalue weighted by atomic mass is 16.1. The molecule has 0 bridgehead atoms. The molecule has 0 saturated heterocycles. The van der Waals surface area contributed by atoms with E-state index < -0.39 is 0 Å². The van der Waals surface area contributed by atoms with Crippen LogP contribution in [-0.4, -0.2) is 5.91 Å². The highest BCUT2D eigenvalue weighted by molar-refractivity contribution is 5.93. The maximum absolute atomic E-state index is 11.5. The zero-order chi connectivity index (χ0) is 10.4. The van der Waals surface area contributed by atoms with E-state index in [9.17, 15) is 4.79 Å². The average molecular weight is 189 g/mol. The molecule has 0 saturated carbocycles. The topological polar surface area (TPSA) is 29.1 Å². The lowest BCUT2D eigenvalue weighted by atomic mass is 10.1. The van der Waals surface area contributed by atoms with E-state index in [4.69, 9.17) is 0 Å². The average Bonchev–Trinajstić information content (AvgIpc) is 2.19. The van der Waals surface area contributed by atoms with E-state index in [1.54, 1.807) is 0 Å². The summed E-state index contributed by atoms with van der Waals surface area (Å²) >= 11 is 0. The van der Waals surface area contributed by atoms with Crippen molar-refractivity contribution in [1.82, 2.24) is 0 Å². The normalized spacial score (nSPS) is 12.7. The van der Waals surface area contributed by atoms with E-state index in [2.05, 4.69) is 5.32 Å². The first-order valence-electron chi connectivity index (χ1n) is 4.72. The maximum atomic E-state index is 11.5. The van der Waals surface area contributed by atoms with Gasteiger partial charge >= 0.3 is 0 Å². The summed E-state index contributed by atoms with van der Waals surface area (Å²) in [5.74, 6) is -0.0606. The van der Waals surface area contributed by atoms with Gasteiger partial charge in [0.1, 0.15) is 0 Å². The number of anilines is 1. The summed E-state index contributed by atoms with van der Waals surface area (Å²) in [6.07, 6.45) is 3.76. The van der Waals surface area contributed by atoms with E-state index in [0.29, 0.717) is 0 Å². The molecule has 1 amide bonds. The van der Waals surface area contributed by atoms with Gasteiger partial charge in [0, 0.05) is 5.69 Å². The molecule has 1 unspecified atom stereocenters. The molecule has 0 fully saturated rings. The van der Waals surface area contributed by atoms with Crippen LogP contribution >= 0.6 is 0 Å². The lowest BCUT2D eigenvalue weighted by Gasteiger charge is -2.07. The Labute approximate surface area is 84.6 Å². The number of para-hydroxylation sites is 1. The van der Waals surface area contributed by atoms with Crippen molar-refractivity contribution in [3.63, 3.8) is 0 Å². The predicted octanol–water partition coefficient (Wildman–Crippen LogP) is 2.84. The molecule has 0 aliphatic rings. The highest BCUT2D eigenvalue weighted by Crippen LogP contribution is 2.08. The number of hydrogen-bond donors (Lipinski definition) is 1. The van der Waals surface area contributed by atoms with Crippen molar-refractivity contribution in [2.24, 2.45) is 5.92 Å². The Kier molecular flexibility index (Phi) is 3.92. The van der Waals surface area contributed by atoms with E-state index in [0.717, 1.165) is 5.69 Å². The van der Waals surface area contributed by atoms with Crippen molar-refractivity contribution < 1.29 is 4.79 Å². The molecule has 2 heteroatoms. The number of hydrogen-bond acceptors (Lipinski definition) is 1. The molecular weight excluding hydrogens is 174 g/mol. The Hall–Kier alpha value is -1.57. The van der Waals surface area contributed by atoms with E-state index in [1.807, 2.05) is 56.3 Å². The molecule has 0 radical (unpaired) electrons. The van der Waals surface area contributed by atoms with Crippen molar-refractivity contribution in [2.45, 2.75) is 13.8 Å². The van der Waals surface area contributed by atoms with E-state index in [1.165, 1.54) is 0 Å². The van der Waals surface area contributed by atoms with Gasteiger partial charge in [-0.15, -0.1) is 0 Å². The lowest BCUT2D eigenvalue weighted by molar-refractivity contribution is -0.118. The maximum Gasteiger partial charge on any atom is 0.231 e. The molecule has 1 aromatic rings. The number of nitrogens with one attached hydrogen (secondary N) is 1. The van der Waals surface area contributed by atoms with Gasteiger partial charge in [-0.1, -0.05) is 37.3 Å². The van der Waals surface area contributed by atoms with Crippen molar-refractivity contribution in [3.05, 3.63) is 42.5 Å². The van der Waals surface area contributed by atoms with Gasteiger partial charge < -0.3 is 5.32 Å². The number of rotatable bonds is 3. The molecule has 0 aliphatic carbocycles. The van der Waals surface area contributed by atoms with Crippen LogP contribution in [0.15, 0.2) is 42.5 Å². The van der Waals surface area contributed by atoms with Crippen LogP contribution < -0.4 is 5.32 Å². The largest absolute Gasteiger partial charge is 0.326 e. The standard InChI is InChI=1S/C12H15NO/c1-3-7-10(2)12(14)13-11-8-5-4-6-9-11/h3-10H,1-2H3,(H,13,14)/b7-3+. The third-order valence-electron chi connectivity index (χ3n) is 1.94. The third-order valence-corrected chi connectivity index (χ3v) is 1.94. The second-order valence-electron chi connectivity index (χ2n) is 3.17. The Morgan fingerprint density at radius 3 is 2.57 bits per heavy atom. The minimum Gasteiger partial charge on any atom is -0.326 e. The van der Waals surface area contributed by atoms with Crippen molar-refractivity contribution in [2.75, 3.05) is 5.32 Å². The van der Waals surface area contributed by atoms with Crippen LogP contribution in [0.1, 0.15) is 13.8 Å². The number of carbonyl (C=O) groups is 1. The SMILES string of the molecule is C/C=C/C(C)C(=O)Nc1ccccc1. The van der Waals surface area contributed by atoms with Gasteiger partial charge in [-0.3, -0.25) is 4.79 Å². The summed E-state index contributed by atoms with van der Waals surface area (Å²) in [7, 11) is 0. The third kappa shape index (κ3) is 3.05. The molecule has 1 atom stereocenters. The quantitative estimate of drug-likeness (QED) is 0.728. The molecule has 1 aromatic carbocycles. The van der Waals surface area contributed by atoms with E-state index >= 15 is 0 Å². The predicted molar refractivity (Wildman–Crippen MR) is 59.0 cm³/mol. The zero-order valence-electron chi connectivity index (χ0n) is 8.53. The van der Waals surface area contributed by atoms with Gasteiger partial charge in [0.2, 0.25) is 5.91 Å². The molecule has 0 aliphatic heterocycles. The van der Waals surface area contributed by atoms with Crippen LogP contribution in [0.4, 0.5) is 5.69 Å². The number of amides is 1. The summed E-state index contributed by atoms with van der Waals surface area (Å²) in [5.41, 5.74) is 0.842. The molecule has 1 rings (SSSR count). The monoisotopic (exact) mass is 189 g/mol. The molecule has 0 heterocycles. The summed E-state index contributed by atoms with van der Waals surface area (Å²) in [5, 5.41) is 2.84. The van der Waals surface area contributed by atoms with Gasteiger partial charge in [0.25, 0.3) is 0 Å². The number of benzene rings is 1. The van der Waals surface area contributed by atoms with Gasteiger partial charge in [0.15, 0.2) is 0 Å². The summed E-state index contributed by atoms with van der Waals surface area (Å²) in [6, 6.07) is 9.47. The number of carbonyl (C=O) groups excluding carboxylic acids is 1. The van der Waals surface area contributed by atoms with Gasteiger partial charge in [0.05, 0.1) is 5.92 Å². The Morgan fingerprint density at radius 1 is 1.36 bits per heavy atom. The molecule has 74 valence electrons. The number of allylic oxidation sites excluding steroid dienone is 1. The zero-order valence-corrected chi connectivity index (χ0v) is 8.53. The molecule has 2 nitrogen and oxygen atoms in total. The lowest BCUT2D eigenvalue weighted by Crippen LogP contribution is -2.18. The second kappa shape index (κ2) is 5.22. The Morgan fingerprint density at radius 2 is 2.00 bits per heavy atom. The van der Waals surface area contributed by atoms with Crippen molar-refractivity contribution >= 4 is 11.6 Å². The van der Waals surface area contributed by atoms with Crippen molar-refractivity contribution in [1.29, 1.82) is 0 Å². The first kappa shape index (κ1) is 10.5. The summed E-state index contributed by atoms with van der Waals surface area (Å²) < 4.78 is 0. The molecule has 1 N–H and O–H groups in total. The molecular formula is C12H15NO. The van der Waals surface area contributed by atoms with Crippen LogP contribution in [0.25, 0.3) is 0 Å². The molecule has 0 spiro atoms. The summed E-state index contributed by atoms with van der Waals surface area (Å²) in [6.45, 7) is 3.78. The fraction of sp³-hybridized carbons (Fsp3) is 0.250. The highest BCUT2D eigenvalue weighted by Gasteiger charge is 2.08. The van der Waals surface area contributed by atoms with Crippen LogP contribution in [0.5, 0.6) is 0 Å². The molecule has 0 aromatic heterocycles. The smallest absolute Gasteiger partial charge is 0.231 e. The van der Waals surface area contributed by atoms with Gasteiger partial charge in [-0.05, 0) is 19.1 Å². The Bertz CT molecular complexity index is 316. The van der Waals surface area contributed by atoms with Crippen LogP contribution in [-0.2, 0) is 4.79 Å². The van der Waals surface area contributed by atoms with Gasteiger partial charge in [-0.2, -0.15) is 0 Å². The molecule has 14 heavy (non-hydrogen) atoms. The minimum atomic E-state index is -0.0831. The first-order valence-corrected chi connectivity index (χ1v) is 4.72. The summed E-state index contributed by atoms with van der Waals surface area (Å²) in [4.78, 5) is 11.5. The minimum absolute atomic E-state index is 0.0225. The first-order chi connectivity index (χ1) is 6.74. The fourth-order valence-electron chi connectivity index (χ4n) is 1.15. The van der Waals surface area contributed by atoms with Gasteiger partial charge in [-0.25, -0.2) is 0 Å². The fourth-order valence-corrected chi connectivity index (χ4v) is 1.15. The van der Waals surface area contributed by atoms with Crippen LogP contribution in [0.2, 0.25) is 0 Å².